The average Bonchev–Trinajstić information content (AvgIpc) is 3.06. The van der Waals surface area contributed by atoms with Crippen molar-refractivity contribution >= 4 is 34.7 Å². The third-order valence-electron chi connectivity index (χ3n) is 6.18. The molecule has 2 aromatic rings. The molecule has 6 nitrogen and oxygen atoms in total. The maximum Gasteiger partial charge on any atom is 0.278 e. The van der Waals surface area contributed by atoms with E-state index in [0.717, 1.165) is 37.8 Å². The summed E-state index contributed by atoms with van der Waals surface area (Å²) in [5, 5.41) is 2.75. The van der Waals surface area contributed by atoms with Gasteiger partial charge in [0.05, 0.1) is 5.57 Å². The van der Waals surface area contributed by atoms with Gasteiger partial charge in [-0.05, 0) is 49.6 Å². The van der Waals surface area contributed by atoms with E-state index in [1.165, 1.54) is 11.8 Å². The van der Waals surface area contributed by atoms with Crippen LogP contribution in [0.2, 0.25) is 0 Å². The number of para-hydroxylation sites is 1. The molecule has 0 aromatic heterocycles. The number of hydrogen-bond acceptors (Lipinski definition) is 4. The average molecular weight is 432 g/mol. The molecule has 2 aliphatic rings. The number of carbonyl (C=O) groups excluding carboxylic acids is 3. The van der Waals surface area contributed by atoms with Crippen molar-refractivity contribution in [3.63, 3.8) is 0 Å². The van der Waals surface area contributed by atoms with Crippen molar-refractivity contribution < 1.29 is 14.4 Å². The molecular weight excluding hydrogens is 402 g/mol. The van der Waals surface area contributed by atoms with Crippen molar-refractivity contribution in [1.82, 2.24) is 4.90 Å². The topological polar surface area (TPSA) is 69.7 Å². The summed E-state index contributed by atoms with van der Waals surface area (Å²) < 4.78 is 0. The lowest BCUT2D eigenvalue weighted by Crippen LogP contribution is -2.43. The first kappa shape index (κ1) is 21.8. The summed E-state index contributed by atoms with van der Waals surface area (Å²) in [6.07, 6.45) is 4.94. The fourth-order valence-electron chi connectivity index (χ4n) is 4.72. The molecule has 0 atom stereocenters. The van der Waals surface area contributed by atoms with Crippen LogP contribution in [0.25, 0.3) is 5.57 Å². The van der Waals surface area contributed by atoms with Gasteiger partial charge in [-0.25, -0.2) is 0 Å². The number of anilines is 2. The number of benzene rings is 2. The molecule has 4 rings (SSSR count). The van der Waals surface area contributed by atoms with Crippen LogP contribution in [0.1, 0.15) is 51.5 Å². The van der Waals surface area contributed by atoms with E-state index in [1.54, 1.807) is 24.3 Å². The molecule has 1 saturated carbocycles. The standard InChI is InChI=1S/C26H29N3O3/c1-3-28(21-10-6-4-7-11-21)24-23(19-14-16-20(17-15-19)27-18(2)30)25(31)29(26(24)32)22-12-8-5-9-13-22/h4,6-7,10-11,14-17,22H,3,5,8-9,12-13H2,1-2H3,(H,27,30). The van der Waals surface area contributed by atoms with E-state index in [-0.39, 0.29) is 23.8 Å². The minimum Gasteiger partial charge on any atom is -0.337 e. The highest BCUT2D eigenvalue weighted by molar-refractivity contribution is 6.37. The van der Waals surface area contributed by atoms with Crippen molar-refractivity contribution in [2.45, 2.75) is 52.0 Å². The maximum atomic E-state index is 13.7. The van der Waals surface area contributed by atoms with E-state index in [2.05, 4.69) is 5.32 Å². The Hall–Kier alpha value is -3.41. The molecule has 1 fully saturated rings. The number of nitrogens with one attached hydrogen (secondary N) is 1. The third-order valence-corrected chi connectivity index (χ3v) is 6.18. The summed E-state index contributed by atoms with van der Waals surface area (Å²) in [6.45, 7) is 4.00. The van der Waals surface area contributed by atoms with Gasteiger partial charge in [-0.3, -0.25) is 19.3 Å². The van der Waals surface area contributed by atoms with Crippen molar-refractivity contribution in [3.8, 4) is 0 Å². The van der Waals surface area contributed by atoms with Crippen molar-refractivity contribution in [2.24, 2.45) is 0 Å². The molecular formula is C26H29N3O3. The fourth-order valence-corrected chi connectivity index (χ4v) is 4.72. The zero-order valence-electron chi connectivity index (χ0n) is 18.6. The Balaban J connectivity index is 1.80. The molecule has 6 heteroatoms. The molecule has 0 spiro atoms. The van der Waals surface area contributed by atoms with Crippen LogP contribution < -0.4 is 10.2 Å². The fraction of sp³-hybridized carbons (Fsp3) is 0.346. The maximum absolute atomic E-state index is 13.7. The quantitative estimate of drug-likeness (QED) is 0.680. The van der Waals surface area contributed by atoms with E-state index >= 15 is 0 Å². The smallest absolute Gasteiger partial charge is 0.278 e. The molecule has 3 amide bonds. The van der Waals surface area contributed by atoms with Crippen LogP contribution in [0.4, 0.5) is 11.4 Å². The second-order valence-corrected chi connectivity index (χ2v) is 8.33. The van der Waals surface area contributed by atoms with Gasteiger partial charge in [0.1, 0.15) is 5.70 Å². The number of hydrogen-bond donors (Lipinski definition) is 1. The van der Waals surface area contributed by atoms with E-state index < -0.39 is 0 Å². The number of amides is 3. The Morgan fingerprint density at radius 3 is 2.22 bits per heavy atom. The molecule has 0 bridgehead atoms. The van der Waals surface area contributed by atoms with E-state index in [9.17, 15) is 14.4 Å². The summed E-state index contributed by atoms with van der Waals surface area (Å²) in [5.74, 6) is -0.596. The first-order valence-corrected chi connectivity index (χ1v) is 11.3. The lowest BCUT2D eigenvalue weighted by atomic mass is 9.94. The van der Waals surface area contributed by atoms with Gasteiger partial charge in [-0.2, -0.15) is 0 Å². The molecule has 32 heavy (non-hydrogen) atoms. The predicted molar refractivity (Wildman–Crippen MR) is 126 cm³/mol. The van der Waals surface area contributed by atoms with E-state index in [1.807, 2.05) is 42.2 Å². The molecule has 0 unspecified atom stereocenters. The summed E-state index contributed by atoms with van der Waals surface area (Å²) in [6, 6.07) is 16.8. The van der Waals surface area contributed by atoms with Gasteiger partial charge < -0.3 is 10.2 Å². The lowest BCUT2D eigenvalue weighted by Gasteiger charge is -2.31. The highest BCUT2D eigenvalue weighted by atomic mass is 16.2. The molecule has 0 saturated heterocycles. The monoisotopic (exact) mass is 431 g/mol. The molecule has 0 radical (unpaired) electrons. The first-order valence-electron chi connectivity index (χ1n) is 11.3. The Morgan fingerprint density at radius 2 is 1.62 bits per heavy atom. The van der Waals surface area contributed by atoms with Crippen LogP contribution in [0.3, 0.4) is 0 Å². The molecule has 166 valence electrons. The number of rotatable bonds is 6. The number of likely N-dealkylation sites (N-methyl/N-ethyl adjacent to an activating group) is 1. The van der Waals surface area contributed by atoms with E-state index in [0.29, 0.717) is 29.1 Å². The Bertz CT molecular complexity index is 1040. The van der Waals surface area contributed by atoms with Crippen LogP contribution in [-0.4, -0.2) is 35.2 Å². The van der Waals surface area contributed by atoms with Gasteiger partial charge >= 0.3 is 0 Å². The summed E-state index contributed by atoms with van der Waals surface area (Å²) in [7, 11) is 0. The molecule has 1 aliphatic carbocycles. The van der Waals surface area contributed by atoms with Gasteiger partial charge in [-0.1, -0.05) is 49.6 Å². The number of imide groups is 1. The normalized spacial score (nSPS) is 17.1. The van der Waals surface area contributed by atoms with Crippen molar-refractivity contribution in [3.05, 3.63) is 65.9 Å². The Kier molecular flexibility index (Phi) is 6.40. The highest BCUT2D eigenvalue weighted by Gasteiger charge is 2.44. The molecule has 1 heterocycles. The second kappa shape index (κ2) is 9.39. The molecule has 1 N–H and O–H groups in total. The van der Waals surface area contributed by atoms with Gasteiger partial charge in [0.2, 0.25) is 5.91 Å². The SMILES string of the molecule is CCN(C1=C(c2ccc(NC(C)=O)cc2)C(=O)N(C2CCCCC2)C1=O)c1ccccc1. The number of carbonyl (C=O) groups is 3. The van der Waals surface area contributed by atoms with Crippen LogP contribution in [-0.2, 0) is 14.4 Å². The van der Waals surface area contributed by atoms with Crippen LogP contribution in [0.5, 0.6) is 0 Å². The predicted octanol–water partition coefficient (Wildman–Crippen LogP) is 4.58. The lowest BCUT2D eigenvalue weighted by molar-refractivity contribution is -0.140. The summed E-state index contributed by atoms with van der Waals surface area (Å²) >= 11 is 0. The van der Waals surface area contributed by atoms with Gasteiger partial charge in [0.15, 0.2) is 0 Å². The molecule has 2 aromatic carbocycles. The molecule has 1 aliphatic heterocycles. The summed E-state index contributed by atoms with van der Waals surface area (Å²) in [4.78, 5) is 42.2. The highest BCUT2D eigenvalue weighted by Crippen LogP contribution is 2.37. The zero-order chi connectivity index (χ0) is 22.7. The van der Waals surface area contributed by atoms with Gasteiger partial charge in [0.25, 0.3) is 11.8 Å². The Labute approximate surface area is 188 Å². The van der Waals surface area contributed by atoms with Crippen LogP contribution >= 0.6 is 0 Å². The Morgan fingerprint density at radius 1 is 0.969 bits per heavy atom. The van der Waals surface area contributed by atoms with Gasteiger partial charge in [-0.15, -0.1) is 0 Å². The van der Waals surface area contributed by atoms with Crippen molar-refractivity contribution in [2.75, 3.05) is 16.8 Å². The summed E-state index contributed by atoms with van der Waals surface area (Å²) in [5.41, 5.74) is 3.08. The van der Waals surface area contributed by atoms with Crippen LogP contribution in [0.15, 0.2) is 60.3 Å². The minimum atomic E-state index is -0.224. The first-order chi connectivity index (χ1) is 15.5. The van der Waals surface area contributed by atoms with Crippen LogP contribution in [0, 0.1) is 0 Å². The third kappa shape index (κ3) is 4.17. The largest absolute Gasteiger partial charge is 0.337 e. The van der Waals surface area contributed by atoms with Crippen molar-refractivity contribution in [1.29, 1.82) is 0 Å². The van der Waals surface area contributed by atoms with Gasteiger partial charge in [0, 0.05) is 30.9 Å². The number of nitrogens with zero attached hydrogens (tertiary/aromatic N) is 2. The second-order valence-electron chi connectivity index (χ2n) is 8.33. The zero-order valence-corrected chi connectivity index (χ0v) is 18.6. The minimum absolute atomic E-state index is 0.0515. The van der Waals surface area contributed by atoms with E-state index in [4.69, 9.17) is 0 Å².